The average Bonchev–Trinajstić information content (AvgIpc) is 2.74. The first-order valence-corrected chi connectivity index (χ1v) is 7.82. The van der Waals surface area contributed by atoms with Crippen LogP contribution in [0, 0.1) is 5.92 Å². The Bertz CT molecular complexity index is 652. The number of aryl methyl sites for hydroxylation is 1. The lowest BCUT2D eigenvalue weighted by atomic mass is 9.85. The Morgan fingerprint density at radius 3 is 2.85 bits per heavy atom. The molecule has 3 rings (SSSR count). The maximum Gasteiger partial charge on any atom is 0.419 e. The molecule has 0 spiro atoms. The molecule has 0 aliphatic heterocycles. The highest BCUT2D eigenvalue weighted by Crippen LogP contribution is 2.35. The van der Waals surface area contributed by atoms with E-state index in [-0.39, 0.29) is 11.1 Å². The van der Waals surface area contributed by atoms with Crippen molar-refractivity contribution in [1.29, 1.82) is 0 Å². The quantitative estimate of drug-likeness (QED) is 0.787. The fraction of sp³-hybridized carbons (Fsp3) is 0.562. The Morgan fingerprint density at radius 1 is 1.35 bits per heavy atom. The summed E-state index contributed by atoms with van der Waals surface area (Å²) in [5.41, 5.74) is 2.50. The Labute approximate surface area is 123 Å². The van der Waals surface area contributed by atoms with Crippen LogP contribution in [0.15, 0.2) is 27.4 Å². The van der Waals surface area contributed by atoms with Gasteiger partial charge in [-0.05, 0) is 30.0 Å². The van der Waals surface area contributed by atoms with Crippen LogP contribution >= 0.6 is 11.6 Å². The number of oxazole rings is 1. The highest BCUT2D eigenvalue weighted by atomic mass is 35.5. The molecule has 1 aliphatic carbocycles. The summed E-state index contributed by atoms with van der Waals surface area (Å²) < 4.78 is 6.75. The van der Waals surface area contributed by atoms with E-state index in [1.807, 2.05) is 18.2 Å². The number of fused-ring (bicyclic) bond motifs is 1. The number of alkyl halides is 1. The van der Waals surface area contributed by atoms with Gasteiger partial charge in [0.25, 0.3) is 0 Å². The smallest absolute Gasteiger partial charge is 0.408 e. The molecule has 1 atom stereocenters. The SMILES string of the molecule is Cn1c(=O)oc2cc(C(Cl)CC3CCCCC3)ccc21. The highest BCUT2D eigenvalue weighted by molar-refractivity contribution is 6.20. The summed E-state index contributed by atoms with van der Waals surface area (Å²) in [4.78, 5) is 11.5. The zero-order valence-electron chi connectivity index (χ0n) is 11.8. The number of aromatic nitrogens is 1. The van der Waals surface area contributed by atoms with Gasteiger partial charge in [-0.2, -0.15) is 0 Å². The average molecular weight is 294 g/mol. The maximum atomic E-state index is 11.5. The van der Waals surface area contributed by atoms with E-state index in [1.165, 1.54) is 36.7 Å². The van der Waals surface area contributed by atoms with Gasteiger partial charge in [-0.1, -0.05) is 38.2 Å². The van der Waals surface area contributed by atoms with E-state index in [0.29, 0.717) is 5.58 Å². The lowest BCUT2D eigenvalue weighted by molar-refractivity contribution is 0.336. The molecular formula is C16H20ClNO2. The largest absolute Gasteiger partial charge is 0.419 e. The van der Waals surface area contributed by atoms with Crippen LogP contribution in [-0.2, 0) is 7.05 Å². The van der Waals surface area contributed by atoms with Crippen LogP contribution in [0.3, 0.4) is 0 Å². The molecule has 4 heteroatoms. The van der Waals surface area contributed by atoms with Gasteiger partial charge in [0.1, 0.15) is 0 Å². The molecule has 20 heavy (non-hydrogen) atoms. The number of rotatable bonds is 3. The minimum atomic E-state index is -0.324. The van der Waals surface area contributed by atoms with Crippen LogP contribution in [-0.4, -0.2) is 4.57 Å². The lowest BCUT2D eigenvalue weighted by Crippen LogP contribution is -2.09. The van der Waals surface area contributed by atoms with Crippen LogP contribution in [0.25, 0.3) is 11.1 Å². The van der Waals surface area contributed by atoms with Gasteiger partial charge < -0.3 is 4.42 Å². The first kappa shape index (κ1) is 13.7. The number of benzene rings is 1. The van der Waals surface area contributed by atoms with Gasteiger partial charge in [0.2, 0.25) is 0 Å². The van der Waals surface area contributed by atoms with Gasteiger partial charge in [-0.3, -0.25) is 4.57 Å². The summed E-state index contributed by atoms with van der Waals surface area (Å²) >= 11 is 6.56. The lowest BCUT2D eigenvalue weighted by Gasteiger charge is -2.23. The number of hydrogen-bond acceptors (Lipinski definition) is 2. The van der Waals surface area contributed by atoms with Gasteiger partial charge in [0.05, 0.1) is 10.9 Å². The second-order valence-electron chi connectivity index (χ2n) is 5.86. The first-order chi connectivity index (χ1) is 9.65. The van der Waals surface area contributed by atoms with Gasteiger partial charge in [-0.25, -0.2) is 4.79 Å². The second-order valence-corrected chi connectivity index (χ2v) is 6.39. The van der Waals surface area contributed by atoms with Gasteiger partial charge in [-0.15, -0.1) is 11.6 Å². The molecule has 0 N–H and O–H groups in total. The van der Waals surface area contributed by atoms with E-state index in [2.05, 4.69) is 0 Å². The van der Waals surface area contributed by atoms with E-state index < -0.39 is 0 Å². The molecule has 3 nitrogen and oxygen atoms in total. The zero-order chi connectivity index (χ0) is 14.1. The van der Waals surface area contributed by atoms with Crippen LogP contribution in [0.2, 0.25) is 0 Å². The predicted molar refractivity (Wildman–Crippen MR) is 81.2 cm³/mol. The van der Waals surface area contributed by atoms with Crippen LogP contribution < -0.4 is 5.76 Å². The Morgan fingerprint density at radius 2 is 2.10 bits per heavy atom. The molecule has 108 valence electrons. The molecule has 2 aromatic rings. The summed E-state index contributed by atoms with van der Waals surface area (Å²) in [7, 11) is 1.72. The van der Waals surface area contributed by atoms with Crippen LogP contribution in [0.1, 0.15) is 49.5 Å². The van der Waals surface area contributed by atoms with Crippen molar-refractivity contribution in [2.75, 3.05) is 0 Å². The van der Waals surface area contributed by atoms with Crippen LogP contribution in [0.4, 0.5) is 0 Å². The standard InChI is InChI=1S/C16H20ClNO2/c1-18-14-8-7-12(10-15(14)20-16(18)19)13(17)9-11-5-3-2-4-6-11/h7-8,10-11,13H,2-6,9H2,1H3. The molecule has 0 saturated heterocycles. The molecule has 1 aromatic carbocycles. The van der Waals surface area contributed by atoms with Gasteiger partial charge in [0.15, 0.2) is 5.58 Å². The Balaban J connectivity index is 1.80. The molecule has 1 unspecified atom stereocenters. The van der Waals surface area contributed by atoms with Gasteiger partial charge >= 0.3 is 5.76 Å². The van der Waals surface area contributed by atoms with Crippen molar-refractivity contribution in [3.8, 4) is 0 Å². The minimum absolute atomic E-state index is 0.00741. The molecule has 1 heterocycles. The second kappa shape index (κ2) is 5.65. The normalized spacial score (nSPS) is 18.5. The molecule has 0 amide bonds. The summed E-state index contributed by atoms with van der Waals surface area (Å²) in [6.07, 6.45) is 7.65. The van der Waals surface area contributed by atoms with Crippen molar-refractivity contribution in [3.63, 3.8) is 0 Å². The van der Waals surface area contributed by atoms with E-state index in [4.69, 9.17) is 16.0 Å². The van der Waals surface area contributed by atoms with Crippen LogP contribution in [0.5, 0.6) is 0 Å². The minimum Gasteiger partial charge on any atom is -0.408 e. The van der Waals surface area contributed by atoms with Crippen molar-refractivity contribution >= 4 is 22.7 Å². The van der Waals surface area contributed by atoms with Crippen molar-refractivity contribution in [1.82, 2.24) is 4.57 Å². The van der Waals surface area contributed by atoms with Crippen molar-refractivity contribution in [3.05, 3.63) is 34.3 Å². The third kappa shape index (κ3) is 2.64. The first-order valence-electron chi connectivity index (χ1n) is 7.38. The van der Waals surface area contributed by atoms with Crippen molar-refractivity contribution in [2.24, 2.45) is 13.0 Å². The topological polar surface area (TPSA) is 35.1 Å². The summed E-state index contributed by atoms with van der Waals surface area (Å²) in [5.74, 6) is 0.417. The molecule has 1 aromatic heterocycles. The van der Waals surface area contributed by atoms with Crippen molar-refractivity contribution in [2.45, 2.75) is 43.9 Å². The fourth-order valence-corrected chi connectivity index (χ4v) is 3.58. The van der Waals surface area contributed by atoms with Gasteiger partial charge in [0, 0.05) is 7.05 Å². The highest BCUT2D eigenvalue weighted by Gasteiger charge is 2.19. The van der Waals surface area contributed by atoms with E-state index in [9.17, 15) is 4.79 Å². The summed E-state index contributed by atoms with van der Waals surface area (Å²) in [6.45, 7) is 0. The molecule has 1 fully saturated rings. The predicted octanol–water partition coefficient (Wildman–Crippen LogP) is 4.38. The summed E-state index contributed by atoms with van der Waals surface area (Å²) in [6, 6.07) is 5.85. The monoisotopic (exact) mass is 293 g/mol. The maximum absolute atomic E-state index is 11.5. The molecule has 1 aliphatic rings. The van der Waals surface area contributed by atoms with E-state index in [1.54, 1.807) is 7.05 Å². The Hall–Kier alpha value is -1.22. The third-order valence-corrected chi connectivity index (χ3v) is 4.87. The van der Waals surface area contributed by atoms with E-state index in [0.717, 1.165) is 23.4 Å². The fourth-order valence-electron chi connectivity index (χ4n) is 3.20. The molecular weight excluding hydrogens is 274 g/mol. The molecule has 1 saturated carbocycles. The van der Waals surface area contributed by atoms with Crippen molar-refractivity contribution < 1.29 is 4.42 Å². The summed E-state index contributed by atoms with van der Waals surface area (Å²) in [5, 5.41) is 0.00741. The molecule has 0 radical (unpaired) electrons. The number of nitrogens with zero attached hydrogens (tertiary/aromatic N) is 1. The third-order valence-electron chi connectivity index (χ3n) is 4.44. The Kier molecular flexibility index (Phi) is 3.88. The van der Waals surface area contributed by atoms with E-state index >= 15 is 0 Å². The molecule has 0 bridgehead atoms. The number of hydrogen-bond donors (Lipinski definition) is 0. The number of halogens is 1. The zero-order valence-corrected chi connectivity index (χ0v) is 12.5.